The maximum Gasteiger partial charge on any atom is 0.254 e. The van der Waals surface area contributed by atoms with Crippen LogP contribution >= 0.6 is 0 Å². The quantitative estimate of drug-likeness (QED) is 0.601. The van der Waals surface area contributed by atoms with E-state index in [0.29, 0.717) is 17.2 Å². The van der Waals surface area contributed by atoms with Gasteiger partial charge in [-0.25, -0.2) is 0 Å². The highest BCUT2D eigenvalue weighted by Crippen LogP contribution is 2.35. The summed E-state index contributed by atoms with van der Waals surface area (Å²) in [6, 6.07) is 6.32. The van der Waals surface area contributed by atoms with Crippen molar-refractivity contribution < 1.29 is 14.3 Å². The van der Waals surface area contributed by atoms with Crippen molar-refractivity contribution in [1.82, 2.24) is 9.88 Å². The van der Waals surface area contributed by atoms with Crippen molar-refractivity contribution in [3.8, 4) is 5.75 Å². The molecule has 7 nitrogen and oxygen atoms in total. The maximum atomic E-state index is 13.7. The average Bonchev–Trinajstić information content (AvgIpc) is 2.80. The number of nitrogens with zero attached hydrogens (tertiary/aromatic N) is 2. The van der Waals surface area contributed by atoms with Crippen LogP contribution in [0.4, 0.5) is 5.69 Å². The molecule has 1 aliphatic carbocycles. The van der Waals surface area contributed by atoms with E-state index >= 15 is 0 Å². The van der Waals surface area contributed by atoms with Crippen LogP contribution in [0.1, 0.15) is 71.8 Å². The lowest BCUT2D eigenvalue weighted by Crippen LogP contribution is -2.40. The predicted molar refractivity (Wildman–Crippen MR) is 139 cm³/mol. The van der Waals surface area contributed by atoms with Gasteiger partial charge in [0, 0.05) is 61.4 Å². The first-order chi connectivity index (χ1) is 16.8. The van der Waals surface area contributed by atoms with Crippen LogP contribution in [0.2, 0.25) is 0 Å². The Morgan fingerprint density at radius 1 is 1.11 bits per heavy atom. The molecule has 2 fully saturated rings. The van der Waals surface area contributed by atoms with Gasteiger partial charge in [0.2, 0.25) is 0 Å². The SMILES string of the molecule is CCN(c1cc(OC2CCC2)cc(C(=O)N(C)Cc2c(C)cc(C)[nH]c2=O)c1C)C1CCOCC1. The fourth-order valence-electron chi connectivity index (χ4n) is 5.16. The summed E-state index contributed by atoms with van der Waals surface area (Å²) in [5.41, 5.74) is 4.82. The van der Waals surface area contributed by atoms with Crippen molar-refractivity contribution in [3.05, 3.63) is 56.5 Å². The van der Waals surface area contributed by atoms with Crippen molar-refractivity contribution in [2.24, 2.45) is 0 Å². The third kappa shape index (κ3) is 5.56. The number of anilines is 1. The Balaban J connectivity index is 1.68. The molecule has 2 heterocycles. The lowest BCUT2D eigenvalue weighted by atomic mass is 9.96. The Morgan fingerprint density at radius 2 is 1.83 bits per heavy atom. The lowest BCUT2D eigenvalue weighted by molar-refractivity contribution is 0.0780. The third-order valence-corrected chi connectivity index (χ3v) is 7.46. The summed E-state index contributed by atoms with van der Waals surface area (Å²) in [5.74, 6) is 0.645. The molecular formula is C28H39N3O4. The molecular weight excluding hydrogens is 442 g/mol. The topological polar surface area (TPSA) is 74.9 Å². The van der Waals surface area contributed by atoms with Gasteiger partial charge in [-0.15, -0.1) is 0 Å². The summed E-state index contributed by atoms with van der Waals surface area (Å²) >= 11 is 0. The molecule has 1 aromatic carbocycles. The zero-order chi connectivity index (χ0) is 25.1. The number of hydrogen-bond acceptors (Lipinski definition) is 5. The summed E-state index contributed by atoms with van der Waals surface area (Å²) in [7, 11) is 1.76. The molecule has 0 radical (unpaired) electrons. The van der Waals surface area contributed by atoms with Gasteiger partial charge in [-0.3, -0.25) is 9.59 Å². The van der Waals surface area contributed by atoms with Crippen LogP contribution in [0, 0.1) is 20.8 Å². The van der Waals surface area contributed by atoms with Gasteiger partial charge in [0.25, 0.3) is 11.5 Å². The first-order valence-electron chi connectivity index (χ1n) is 12.9. The largest absolute Gasteiger partial charge is 0.490 e. The Hall–Kier alpha value is -2.80. The lowest BCUT2D eigenvalue weighted by Gasteiger charge is -2.37. The van der Waals surface area contributed by atoms with E-state index in [9.17, 15) is 9.59 Å². The van der Waals surface area contributed by atoms with E-state index in [1.54, 1.807) is 11.9 Å². The van der Waals surface area contributed by atoms with E-state index in [0.717, 1.165) is 73.7 Å². The molecule has 190 valence electrons. The second-order valence-corrected chi connectivity index (χ2v) is 10.0. The van der Waals surface area contributed by atoms with Gasteiger partial charge in [0.1, 0.15) is 5.75 Å². The highest BCUT2D eigenvalue weighted by atomic mass is 16.5. The second kappa shape index (κ2) is 10.9. The van der Waals surface area contributed by atoms with Gasteiger partial charge in [-0.05, 0) is 83.1 Å². The zero-order valence-electron chi connectivity index (χ0n) is 21.8. The average molecular weight is 482 g/mol. The number of rotatable bonds is 8. The molecule has 7 heteroatoms. The van der Waals surface area contributed by atoms with Crippen LogP contribution in [0.25, 0.3) is 0 Å². The number of carbonyl (C=O) groups excluding carboxylic acids is 1. The molecule has 2 aliphatic rings. The number of ether oxygens (including phenoxy) is 2. The van der Waals surface area contributed by atoms with Crippen molar-refractivity contribution >= 4 is 11.6 Å². The number of aromatic amines is 1. The van der Waals surface area contributed by atoms with E-state index in [1.165, 1.54) is 6.42 Å². The molecule has 0 bridgehead atoms. The molecule has 2 aromatic rings. The molecule has 4 rings (SSSR count). The number of hydrogen-bond donors (Lipinski definition) is 1. The van der Waals surface area contributed by atoms with Gasteiger partial charge < -0.3 is 24.3 Å². The van der Waals surface area contributed by atoms with Crippen molar-refractivity contribution in [2.75, 3.05) is 31.7 Å². The van der Waals surface area contributed by atoms with Crippen molar-refractivity contribution in [3.63, 3.8) is 0 Å². The van der Waals surface area contributed by atoms with E-state index in [4.69, 9.17) is 9.47 Å². The zero-order valence-corrected chi connectivity index (χ0v) is 21.8. The summed E-state index contributed by atoms with van der Waals surface area (Å²) in [6.07, 6.45) is 5.46. The number of carbonyl (C=O) groups is 1. The molecule has 35 heavy (non-hydrogen) atoms. The molecule has 1 N–H and O–H groups in total. The Morgan fingerprint density at radius 3 is 2.43 bits per heavy atom. The Labute approximate surface area is 208 Å². The monoisotopic (exact) mass is 481 g/mol. The highest BCUT2D eigenvalue weighted by molar-refractivity contribution is 5.97. The first-order valence-corrected chi connectivity index (χ1v) is 12.9. The standard InChI is InChI=1S/C28H39N3O4/c1-6-31(21-10-12-34-13-11-21)26-16-23(35-22-8-7-9-22)15-24(20(26)4)28(33)30(5)17-25-18(2)14-19(3)29-27(25)32/h14-16,21-22H,6-13,17H2,1-5H3,(H,29,32). The normalized spacial score (nSPS) is 16.6. The summed E-state index contributed by atoms with van der Waals surface area (Å²) in [4.78, 5) is 33.2. The summed E-state index contributed by atoms with van der Waals surface area (Å²) in [6.45, 7) is 10.6. The van der Waals surface area contributed by atoms with Crippen LogP contribution in [0.15, 0.2) is 23.0 Å². The number of pyridine rings is 1. The van der Waals surface area contributed by atoms with Gasteiger partial charge in [0.05, 0.1) is 12.6 Å². The molecule has 0 spiro atoms. The van der Waals surface area contributed by atoms with Crippen molar-refractivity contribution in [2.45, 2.75) is 78.5 Å². The fourth-order valence-corrected chi connectivity index (χ4v) is 5.16. The number of benzene rings is 1. The molecule has 1 aromatic heterocycles. The van der Waals surface area contributed by atoms with E-state index in [-0.39, 0.29) is 24.1 Å². The van der Waals surface area contributed by atoms with Crippen LogP contribution in [-0.4, -0.2) is 54.7 Å². The molecule has 1 aliphatic heterocycles. The van der Waals surface area contributed by atoms with Crippen molar-refractivity contribution in [1.29, 1.82) is 0 Å². The number of amides is 1. The molecule has 1 amide bonds. The molecule has 0 unspecified atom stereocenters. The van der Waals surface area contributed by atoms with Crippen LogP contribution in [0.3, 0.4) is 0 Å². The van der Waals surface area contributed by atoms with Crippen LogP contribution in [-0.2, 0) is 11.3 Å². The van der Waals surface area contributed by atoms with E-state index < -0.39 is 0 Å². The first kappa shape index (κ1) is 25.3. The minimum absolute atomic E-state index is 0.106. The molecule has 1 saturated carbocycles. The van der Waals surface area contributed by atoms with Crippen LogP contribution in [0.5, 0.6) is 5.75 Å². The fraction of sp³-hybridized carbons (Fsp3) is 0.571. The van der Waals surface area contributed by atoms with Gasteiger partial charge in [-0.2, -0.15) is 0 Å². The minimum Gasteiger partial charge on any atom is -0.490 e. The Bertz CT molecular complexity index is 1120. The van der Waals surface area contributed by atoms with E-state index in [2.05, 4.69) is 22.9 Å². The summed E-state index contributed by atoms with van der Waals surface area (Å²) in [5, 5.41) is 0. The van der Waals surface area contributed by atoms with Gasteiger partial charge in [-0.1, -0.05) is 0 Å². The molecule has 0 atom stereocenters. The second-order valence-electron chi connectivity index (χ2n) is 10.0. The summed E-state index contributed by atoms with van der Waals surface area (Å²) < 4.78 is 11.9. The highest BCUT2D eigenvalue weighted by Gasteiger charge is 2.27. The van der Waals surface area contributed by atoms with E-state index in [1.807, 2.05) is 32.9 Å². The number of nitrogens with one attached hydrogen (secondary N) is 1. The van der Waals surface area contributed by atoms with Crippen LogP contribution < -0.4 is 15.2 Å². The smallest absolute Gasteiger partial charge is 0.254 e. The minimum atomic E-state index is -0.140. The van der Waals surface area contributed by atoms with Gasteiger partial charge in [0.15, 0.2) is 0 Å². The molecule has 1 saturated heterocycles. The number of aryl methyl sites for hydroxylation is 2. The maximum absolute atomic E-state index is 13.7. The third-order valence-electron chi connectivity index (χ3n) is 7.46. The number of H-pyrrole nitrogens is 1. The number of aromatic nitrogens is 1. The predicted octanol–water partition coefficient (Wildman–Crippen LogP) is 4.51. The Kier molecular flexibility index (Phi) is 7.85. The van der Waals surface area contributed by atoms with Gasteiger partial charge >= 0.3 is 0 Å².